The molecule has 0 aliphatic heterocycles. The van der Waals surface area contributed by atoms with Crippen LogP contribution in [0.5, 0.6) is 0 Å². The van der Waals surface area contributed by atoms with Gasteiger partial charge in [0.15, 0.2) is 0 Å². The van der Waals surface area contributed by atoms with E-state index in [1.165, 1.54) is 11.1 Å². The van der Waals surface area contributed by atoms with Crippen LogP contribution in [0.1, 0.15) is 30.0 Å². The van der Waals surface area contributed by atoms with Crippen molar-refractivity contribution in [3.63, 3.8) is 0 Å². The van der Waals surface area contributed by atoms with E-state index in [-0.39, 0.29) is 5.91 Å². The molecule has 2 aromatic carbocycles. The minimum absolute atomic E-state index is 0.0408. The normalized spacial score (nSPS) is 10.4. The Hall–Kier alpha value is -2.00. The molecule has 0 aliphatic rings. The van der Waals surface area contributed by atoms with E-state index in [2.05, 4.69) is 42.7 Å². The number of nitrogens with one attached hydrogen (secondary N) is 2. The van der Waals surface area contributed by atoms with Crippen molar-refractivity contribution in [2.24, 2.45) is 0 Å². The molecular weight excluding hydrogens is 308 g/mol. The van der Waals surface area contributed by atoms with Crippen LogP contribution in [0.15, 0.2) is 42.5 Å². The highest BCUT2D eigenvalue weighted by molar-refractivity contribution is 6.30. The van der Waals surface area contributed by atoms with Gasteiger partial charge in [-0.1, -0.05) is 48.9 Å². The Morgan fingerprint density at radius 2 is 1.87 bits per heavy atom. The van der Waals surface area contributed by atoms with Crippen LogP contribution in [0.4, 0.5) is 5.69 Å². The van der Waals surface area contributed by atoms with Crippen molar-refractivity contribution in [1.82, 2.24) is 5.32 Å². The van der Waals surface area contributed by atoms with Crippen LogP contribution in [0.2, 0.25) is 5.02 Å². The molecule has 2 N–H and O–H groups in total. The van der Waals surface area contributed by atoms with E-state index in [1.807, 2.05) is 24.3 Å². The molecule has 0 fully saturated rings. The molecular formula is C19H23ClN2O. The van der Waals surface area contributed by atoms with Crippen molar-refractivity contribution < 1.29 is 4.79 Å². The van der Waals surface area contributed by atoms with Crippen molar-refractivity contribution >= 4 is 23.2 Å². The third kappa shape index (κ3) is 5.29. The number of aryl methyl sites for hydroxylation is 2. The van der Waals surface area contributed by atoms with E-state index in [4.69, 9.17) is 11.6 Å². The number of halogens is 1. The summed E-state index contributed by atoms with van der Waals surface area (Å²) < 4.78 is 0. The van der Waals surface area contributed by atoms with Gasteiger partial charge >= 0.3 is 0 Å². The first-order valence-corrected chi connectivity index (χ1v) is 8.31. The molecule has 0 aromatic heterocycles. The Bertz CT molecular complexity index is 653. The zero-order valence-electron chi connectivity index (χ0n) is 13.7. The minimum atomic E-state index is 0.0408. The van der Waals surface area contributed by atoms with E-state index in [0.717, 1.165) is 17.7 Å². The fourth-order valence-electron chi connectivity index (χ4n) is 2.47. The molecule has 2 aromatic rings. The Morgan fingerprint density at radius 1 is 1.13 bits per heavy atom. The van der Waals surface area contributed by atoms with Crippen LogP contribution < -0.4 is 10.6 Å². The Balaban J connectivity index is 1.78. The third-order valence-electron chi connectivity index (χ3n) is 3.80. The molecule has 0 saturated heterocycles. The van der Waals surface area contributed by atoms with Crippen molar-refractivity contribution in [3.05, 3.63) is 64.2 Å². The molecule has 2 rings (SSSR count). The van der Waals surface area contributed by atoms with E-state index in [0.29, 0.717) is 24.5 Å². The number of benzene rings is 2. The molecule has 23 heavy (non-hydrogen) atoms. The third-order valence-corrected chi connectivity index (χ3v) is 4.05. The topological polar surface area (TPSA) is 41.1 Å². The number of carbonyl (C=O) groups is 1. The van der Waals surface area contributed by atoms with Crippen LogP contribution in [0, 0.1) is 6.92 Å². The van der Waals surface area contributed by atoms with Gasteiger partial charge < -0.3 is 10.6 Å². The van der Waals surface area contributed by atoms with Crippen LogP contribution in [0.3, 0.4) is 0 Å². The highest BCUT2D eigenvalue weighted by Gasteiger charge is 2.05. The summed E-state index contributed by atoms with van der Waals surface area (Å²) >= 11 is 5.84. The molecule has 0 atom stereocenters. The van der Waals surface area contributed by atoms with Crippen LogP contribution in [-0.2, 0) is 17.8 Å². The number of rotatable bonds is 7. The second kappa shape index (κ2) is 8.59. The largest absolute Gasteiger partial charge is 0.384 e. The van der Waals surface area contributed by atoms with Gasteiger partial charge in [-0.2, -0.15) is 0 Å². The SMILES string of the molecule is CCc1cccc(C)c1NCCC(=O)NCc1ccc(Cl)cc1. The van der Waals surface area contributed by atoms with Gasteiger partial charge in [0.1, 0.15) is 0 Å². The second-order valence-electron chi connectivity index (χ2n) is 5.54. The van der Waals surface area contributed by atoms with E-state index < -0.39 is 0 Å². The van der Waals surface area contributed by atoms with Crippen molar-refractivity contribution in [1.29, 1.82) is 0 Å². The first-order valence-electron chi connectivity index (χ1n) is 7.93. The molecule has 0 spiro atoms. The number of hydrogen-bond donors (Lipinski definition) is 2. The lowest BCUT2D eigenvalue weighted by molar-refractivity contribution is -0.121. The average Bonchev–Trinajstić information content (AvgIpc) is 2.55. The van der Waals surface area contributed by atoms with Crippen molar-refractivity contribution in [2.45, 2.75) is 33.2 Å². The Labute approximate surface area is 143 Å². The highest BCUT2D eigenvalue weighted by atomic mass is 35.5. The summed E-state index contributed by atoms with van der Waals surface area (Å²) in [6.07, 6.45) is 1.43. The lowest BCUT2D eigenvalue weighted by Crippen LogP contribution is -2.25. The fourth-order valence-corrected chi connectivity index (χ4v) is 2.59. The quantitative estimate of drug-likeness (QED) is 0.793. The van der Waals surface area contributed by atoms with Crippen LogP contribution in [-0.4, -0.2) is 12.5 Å². The summed E-state index contributed by atoms with van der Waals surface area (Å²) in [5.74, 6) is 0.0408. The van der Waals surface area contributed by atoms with Gasteiger partial charge in [0, 0.05) is 30.2 Å². The van der Waals surface area contributed by atoms with Gasteiger partial charge in [-0.3, -0.25) is 4.79 Å². The summed E-state index contributed by atoms with van der Waals surface area (Å²) in [5.41, 5.74) is 4.70. The lowest BCUT2D eigenvalue weighted by Gasteiger charge is -2.14. The summed E-state index contributed by atoms with van der Waals surface area (Å²) in [7, 11) is 0. The molecule has 0 heterocycles. The highest BCUT2D eigenvalue weighted by Crippen LogP contribution is 2.20. The molecule has 0 radical (unpaired) electrons. The fraction of sp³-hybridized carbons (Fsp3) is 0.316. The molecule has 0 unspecified atom stereocenters. The summed E-state index contributed by atoms with van der Waals surface area (Å²) in [4.78, 5) is 11.9. The van der Waals surface area contributed by atoms with Crippen LogP contribution in [0.25, 0.3) is 0 Å². The Morgan fingerprint density at radius 3 is 2.57 bits per heavy atom. The number of carbonyl (C=O) groups excluding carboxylic acids is 1. The predicted molar refractivity (Wildman–Crippen MR) is 97.0 cm³/mol. The summed E-state index contributed by atoms with van der Waals surface area (Å²) in [6.45, 7) is 5.38. The maximum atomic E-state index is 11.9. The number of para-hydroxylation sites is 1. The number of amides is 1. The van der Waals surface area contributed by atoms with Gasteiger partial charge in [-0.25, -0.2) is 0 Å². The monoisotopic (exact) mass is 330 g/mol. The second-order valence-corrected chi connectivity index (χ2v) is 5.98. The van der Waals surface area contributed by atoms with Gasteiger partial charge in [0.05, 0.1) is 0 Å². The van der Waals surface area contributed by atoms with Crippen molar-refractivity contribution in [2.75, 3.05) is 11.9 Å². The molecule has 3 nitrogen and oxygen atoms in total. The smallest absolute Gasteiger partial charge is 0.222 e. The minimum Gasteiger partial charge on any atom is -0.384 e. The van der Waals surface area contributed by atoms with Crippen molar-refractivity contribution in [3.8, 4) is 0 Å². The zero-order valence-corrected chi connectivity index (χ0v) is 14.4. The first-order chi connectivity index (χ1) is 11.1. The first kappa shape index (κ1) is 17.4. The summed E-state index contributed by atoms with van der Waals surface area (Å²) in [6, 6.07) is 13.8. The Kier molecular flexibility index (Phi) is 6.48. The van der Waals surface area contributed by atoms with Gasteiger partial charge in [0.25, 0.3) is 0 Å². The van der Waals surface area contributed by atoms with E-state index in [9.17, 15) is 4.79 Å². The van der Waals surface area contributed by atoms with E-state index in [1.54, 1.807) is 0 Å². The van der Waals surface area contributed by atoms with E-state index >= 15 is 0 Å². The summed E-state index contributed by atoms with van der Waals surface area (Å²) in [5, 5.41) is 7.02. The molecule has 122 valence electrons. The average molecular weight is 331 g/mol. The van der Waals surface area contributed by atoms with Gasteiger partial charge in [-0.15, -0.1) is 0 Å². The molecule has 4 heteroatoms. The maximum Gasteiger partial charge on any atom is 0.222 e. The van der Waals surface area contributed by atoms with Crippen LogP contribution >= 0.6 is 11.6 Å². The number of anilines is 1. The van der Waals surface area contributed by atoms with Gasteiger partial charge in [0.2, 0.25) is 5.91 Å². The lowest BCUT2D eigenvalue weighted by atomic mass is 10.1. The molecule has 0 aliphatic carbocycles. The molecule has 0 bridgehead atoms. The molecule has 0 saturated carbocycles. The number of hydrogen-bond acceptors (Lipinski definition) is 2. The molecule has 1 amide bonds. The predicted octanol–water partition coefficient (Wildman–Crippen LogP) is 4.33. The maximum absolute atomic E-state index is 11.9. The van der Waals surface area contributed by atoms with Gasteiger partial charge in [-0.05, 0) is 42.2 Å². The zero-order chi connectivity index (χ0) is 16.7. The standard InChI is InChI=1S/C19H23ClN2O/c1-3-16-6-4-5-14(2)19(16)21-12-11-18(23)22-13-15-7-9-17(20)10-8-15/h4-10,21H,3,11-13H2,1-2H3,(H,22,23).